The number of benzene rings is 2. The third kappa shape index (κ3) is 3.98. The highest BCUT2D eigenvalue weighted by molar-refractivity contribution is 6.30. The van der Waals surface area contributed by atoms with Gasteiger partial charge in [0, 0.05) is 5.02 Å². The number of hydrogen-bond donors (Lipinski definition) is 1. The highest BCUT2D eigenvalue weighted by Gasteiger charge is 2.04. The molecular weight excluding hydrogens is 260 g/mol. The maximum Gasteiger partial charge on any atom is 0.119 e. The normalized spacial score (nSPS) is 12.2. The lowest BCUT2D eigenvalue weighted by Crippen LogP contribution is -1.97. The summed E-state index contributed by atoms with van der Waals surface area (Å²) in [6.45, 7) is 2.46. The monoisotopic (exact) mass is 276 g/mol. The lowest BCUT2D eigenvalue weighted by molar-refractivity contribution is 0.173. The summed E-state index contributed by atoms with van der Waals surface area (Å²) in [7, 11) is 0. The van der Waals surface area contributed by atoms with Gasteiger partial charge in [0.1, 0.15) is 12.4 Å². The summed E-state index contributed by atoms with van der Waals surface area (Å²) < 4.78 is 5.68. The highest BCUT2D eigenvalue weighted by atomic mass is 35.5. The van der Waals surface area contributed by atoms with Crippen LogP contribution in [-0.4, -0.2) is 5.11 Å². The third-order valence-electron chi connectivity index (χ3n) is 2.97. The van der Waals surface area contributed by atoms with Gasteiger partial charge < -0.3 is 9.84 Å². The summed E-state index contributed by atoms with van der Waals surface area (Å²) in [5.41, 5.74) is 1.99. The van der Waals surface area contributed by atoms with Crippen LogP contribution in [-0.2, 0) is 6.61 Å². The zero-order valence-electron chi connectivity index (χ0n) is 10.8. The Morgan fingerprint density at radius 1 is 1.05 bits per heavy atom. The van der Waals surface area contributed by atoms with Gasteiger partial charge in [-0.15, -0.1) is 0 Å². The summed E-state index contributed by atoms with van der Waals surface area (Å²) >= 11 is 5.83. The summed E-state index contributed by atoms with van der Waals surface area (Å²) in [5, 5.41) is 10.4. The molecule has 0 unspecified atom stereocenters. The Labute approximate surface area is 118 Å². The number of halogens is 1. The van der Waals surface area contributed by atoms with Gasteiger partial charge in [0.25, 0.3) is 0 Å². The molecule has 0 spiro atoms. The van der Waals surface area contributed by atoms with Gasteiger partial charge in [-0.05, 0) is 41.8 Å². The second kappa shape index (κ2) is 6.60. The van der Waals surface area contributed by atoms with Crippen molar-refractivity contribution in [1.82, 2.24) is 0 Å². The number of aliphatic hydroxyl groups is 1. The van der Waals surface area contributed by atoms with Gasteiger partial charge in [0.15, 0.2) is 0 Å². The van der Waals surface area contributed by atoms with Crippen LogP contribution >= 0.6 is 11.6 Å². The molecule has 19 heavy (non-hydrogen) atoms. The second-order valence-corrected chi connectivity index (χ2v) is 4.84. The van der Waals surface area contributed by atoms with Crippen molar-refractivity contribution in [3.8, 4) is 5.75 Å². The molecule has 0 heterocycles. The van der Waals surface area contributed by atoms with Crippen LogP contribution in [0, 0.1) is 0 Å². The van der Waals surface area contributed by atoms with Crippen LogP contribution in [0.15, 0.2) is 48.5 Å². The largest absolute Gasteiger partial charge is 0.489 e. The molecule has 3 heteroatoms. The minimum absolute atomic E-state index is 0.398. The quantitative estimate of drug-likeness (QED) is 0.879. The number of ether oxygens (including phenoxy) is 1. The predicted molar refractivity (Wildman–Crippen MR) is 77.5 cm³/mol. The van der Waals surface area contributed by atoms with Crippen molar-refractivity contribution in [3.05, 3.63) is 64.7 Å². The molecule has 2 aromatic rings. The van der Waals surface area contributed by atoms with Gasteiger partial charge in [-0.2, -0.15) is 0 Å². The summed E-state index contributed by atoms with van der Waals surface area (Å²) in [6, 6.07) is 15.1. The molecule has 0 aliphatic rings. The molecule has 0 saturated heterocycles. The van der Waals surface area contributed by atoms with Crippen molar-refractivity contribution < 1.29 is 9.84 Å². The first kappa shape index (κ1) is 13.9. The summed E-state index contributed by atoms with van der Waals surface area (Å²) in [5.74, 6) is 0.794. The van der Waals surface area contributed by atoms with Gasteiger partial charge in [-0.1, -0.05) is 42.8 Å². The third-order valence-corrected chi connectivity index (χ3v) is 3.22. The van der Waals surface area contributed by atoms with Gasteiger partial charge in [0.2, 0.25) is 0 Å². The van der Waals surface area contributed by atoms with Crippen LogP contribution in [0.1, 0.15) is 30.6 Å². The van der Waals surface area contributed by atoms with Crippen molar-refractivity contribution in [2.45, 2.75) is 26.1 Å². The Balaban J connectivity index is 1.94. The Morgan fingerprint density at radius 3 is 2.26 bits per heavy atom. The van der Waals surface area contributed by atoms with Crippen LogP contribution in [0.25, 0.3) is 0 Å². The average Bonchev–Trinajstić information content (AvgIpc) is 2.46. The molecule has 1 atom stereocenters. The van der Waals surface area contributed by atoms with Gasteiger partial charge in [-0.3, -0.25) is 0 Å². The molecule has 0 aliphatic heterocycles. The molecule has 0 amide bonds. The molecule has 2 nitrogen and oxygen atoms in total. The summed E-state index contributed by atoms with van der Waals surface area (Å²) in [6.07, 6.45) is 0.315. The van der Waals surface area contributed by atoms with E-state index in [1.807, 2.05) is 55.5 Å². The molecule has 0 radical (unpaired) electrons. The van der Waals surface area contributed by atoms with Gasteiger partial charge in [0.05, 0.1) is 6.10 Å². The zero-order chi connectivity index (χ0) is 13.7. The average molecular weight is 277 g/mol. The molecular formula is C16H17ClO2. The number of aliphatic hydroxyl groups excluding tert-OH is 1. The fourth-order valence-electron chi connectivity index (χ4n) is 1.77. The molecule has 0 bridgehead atoms. The van der Waals surface area contributed by atoms with Crippen molar-refractivity contribution in [2.24, 2.45) is 0 Å². The minimum atomic E-state index is -0.398. The van der Waals surface area contributed by atoms with Crippen LogP contribution < -0.4 is 4.74 Å². The van der Waals surface area contributed by atoms with E-state index in [0.29, 0.717) is 13.0 Å². The van der Waals surface area contributed by atoms with Gasteiger partial charge >= 0.3 is 0 Å². The van der Waals surface area contributed by atoms with E-state index >= 15 is 0 Å². The lowest BCUT2D eigenvalue weighted by Gasteiger charge is -2.10. The fraction of sp³-hybridized carbons (Fsp3) is 0.250. The fourth-order valence-corrected chi connectivity index (χ4v) is 1.90. The molecule has 2 aromatic carbocycles. The zero-order valence-corrected chi connectivity index (χ0v) is 11.6. The van der Waals surface area contributed by atoms with Crippen LogP contribution in [0.3, 0.4) is 0 Å². The van der Waals surface area contributed by atoms with Gasteiger partial charge in [-0.25, -0.2) is 0 Å². The first-order valence-electron chi connectivity index (χ1n) is 6.34. The van der Waals surface area contributed by atoms with Crippen LogP contribution in [0.2, 0.25) is 5.02 Å². The Morgan fingerprint density at radius 2 is 1.68 bits per heavy atom. The molecule has 0 fully saturated rings. The van der Waals surface area contributed by atoms with E-state index in [2.05, 4.69) is 0 Å². The number of hydrogen-bond acceptors (Lipinski definition) is 2. The number of rotatable bonds is 5. The van der Waals surface area contributed by atoms with E-state index in [1.54, 1.807) is 0 Å². The Bertz CT molecular complexity index is 505. The summed E-state index contributed by atoms with van der Waals surface area (Å²) in [4.78, 5) is 0. The minimum Gasteiger partial charge on any atom is -0.489 e. The van der Waals surface area contributed by atoms with Crippen molar-refractivity contribution in [1.29, 1.82) is 0 Å². The van der Waals surface area contributed by atoms with Crippen molar-refractivity contribution in [2.75, 3.05) is 0 Å². The van der Waals surface area contributed by atoms with Crippen molar-refractivity contribution in [3.63, 3.8) is 0 Å². The van der Waals surface area contributed by atoms with Crippen LogP contribution in [0.5, 0.6) is 5.75 Å². The topological polar surface area (TPSA) is 29.5 Å². The predicted octanol–water partition coefficient (Wildman–Crippen LogP) is 4.36. The Kier molecular flexibility index (Phi) is 4.83. The first-order valence-corrected chi connectivity index (χ1v) is 6.72. The Hall–Kier alpha value is -1.51. The second-order valence-electron chi connectivity index (χ2n) is 4.41. The highest BCUT2D eigenvalue weighted by Crippen LogP contribution is 2.20. The molecule has 0 aliphatic carbocycles. The van der Waals surface area contributed by atoms with E-state index in [0.717, 1.165) is 21.9 Å². The maximum absolute atomic E-state index is 9.70. The van der Waals surface area contributed by atoms with Crippen LogP contribution in [0.4, 0.5) is 0 Å². The lowest BCUT2D eigenvalue weighted by atomic mass is 10.1. The van der Waals surface area contributed by atoms with E-state index in [4.69, 9.17) is 16.3 Å². The van der Waals surface area contributed by atoms with E-state index < -0.39 is 6.10 Å². The maximum atomic E-state index is 9.70. The smallest absolute Gasteiger partial charge is 0.119 e. The van der Waals surface area contributed by atoms with E-state index in [-0.39, 0.29) is 0 Å². The molecule has 100 valence electrons. The molecule has 1 N–H and O–H groups in total. The molecule has 0 aromatic heterocycles. The first-order chi connectivity index (χ1) is 9.19. The van der Waals surface area contributed by atoms with E-state index in [1.165, 1.54) is 0 Å². The molecule has 2 rings (SSSR count). The SMILES string of the molecule is CC[C@@H](O)c1ccc(OCc2ccc(Cl)cc2)cc1. The standard InChI is InChI=1S/C16H17ClO2/c1-2-16(18)13-5-9-15(10-6-13)19-11-12-3-7-14(17)8-4-12/h3-10,16,18H,2,11H2,1H3/t16-/m1/s1. The molecule has 0 saturated carbocycles. The van der Waals surface area contributed by atoms with E-state index in [9.17, 15) is 5.11 Å². The van der Waals surface area contributed by atoms with Crippen molar-refractivity contribution >= 4 is 11.6 Å².